The maximum atomic E-state index is 9.66. The fourth-order valence-electron chi connectivity index (χ4n) is 1.68. The number of alkyl halides is 2. The Morgan fingerprint density at radius 1 is 1.05 bits per heavy atom. The predicted octanol–water partition coefficient (Wildman–Crippen LogP) is 1.70. The van der Waals surface area contributed by atoms with E-state index in [0.29, 0.717) is 13.1 Å². The van der Waals surface area contributed by atoms with Crippen LogP contribution in [0.2, 0.25) is 0 Å². The van der Waals surface area contributed by atoms with Crippen molar-refractivity contribution in [1.82, 2.24) is 0 Å². The summed E-state index contributed by atoms with van der Waals surface area (Å²) in [7, 11) is 1.60. The standard InChI is InChI=1S/C13H19Cl2NO3/c1-19-13-4-2-10(3-5-13)16(8-11(17)6-14)9-12(18)7-15/h2-5,11-12,17-18H,6-9H2,1H3/t11-,12-/m1/s1. The molecule has 4 nitrogen and oxygen atoms in total. The van der Waals surface area contributed by atoms with Gasteiger partial charge in [-0.2, -0.15) is 0 Å². The fraction of sp³-hybridized carbons (Fsp3) is 0.538. The maximum absolute atomic E-state index is 9.66. The molecule has 2 atom stereocenters. The van der Waals surface area contributed by atoms with E-state index in [2.05, 4.69) is 0 Å². The van der Waals surface area contributed by atoms with Gasteiger partial charge in [0.15, 0.2) is 0 Å². The summed E-state index contributed by atoms with van der Waals surface area (Å²) < 4.78 is 5.09. The molecule has 0 radical (unpaired) electrons. The van der Waals surface area contributed by atoms with Gasteiger partial charge >= 0.3 is 0 Å². The Morgan fingerprint density at radius 2 is 1.53 bits per heavy atom. The number of hydrogen-bond acceptors (Lipinski definition) is 4. The summed E-state index contributed by atoms with van der Waals surface area (Å²) in [5.74, 6) is 1.03. The molecule has 0 spiro atoms. The van der Waals surface area contributed by atoms with E-state index in [9.17, 15) is 10.2 Å². The molecule has 2 N–H and O–H groups in total. The topological polar surface area (TPSA) is 52.9 Å². The molecule has 0 aliphatic rings. The van der Waals surface area contributed by atoms with Gasteiger partial charge in [0, 0.05) is 18.8 Å². The lowest BCUT2D eigenvalue weighted by molar-refractivity contribution is 0.181. The molecule has 0 fully saturated rings. The van der Waals surface area contributed by atoms with Crippen LogP contribution in [0, 0.1) is 0 Å². The normalized spacial score (nSPS) is 13.9. The van der Waals surface area contributed by atoms with Gasteiger partial charge in [0.05, 0.1) is 31.1 Å². The van der Waals surface area contributed by atoms with Gasteiger partial charge in [0.25, 0.3) is 0 Å². The van der Waals surface area contributed by atoms with E-state index in [1.165, 1.54) is 0 Å². The third-order valence-corrected chi connectivity index (χ3v) is 3.37. The van der Waals surface area contributed by atoms with Crippen molar-refractivity contribution >= 4 is 28.9 Å². The first-order valence-electron chi connectivity index (χ1n) is 5.97. The van der Waals surface area contributed by atoms with E-state index in [4.69, 9.17) is 27.9 Å². The monoisotopic (exact) mass is 307 g/mol. The van der Waals surface area contributed by atoms with Crippen LogP contribution in [0.15, 0.2) is 24.3 Å². The van der Waals surface area contributed by atoms with Crippen molar-refractivity contribution in [2.45, 2.75) is 12.2 Å². The number of rotatable bonds is 8. The Kier molecular flexibility index (Phi) is 7.31. The van der Waals surface area contributed by atoms with Crippen molar-refractivity contribution in [2.75, 3.05) is 36.9 Å². The highest BCUT2D eigenvalue weighted by Gasteiger charge is 2.15. The molecule has 19 heavy (non-hydrogen) atoms. The number of anilines is 1. The Hall–Kier alpha value is -0.680. The first-order chi connectivity index (χ1) is 9.10. The second-order valence-electron chi connectivity index (χ2n) is 4.22. The molecular weight excluding hydrogens is 289 g/mol. The summed E-state index contributed by atoms with van der Waals surface area (Å²) in [5, 5.41) is 19.3. The highest BCUT2D eigenvalue weighted by Crippen LogP contribution is 2.20. The van der Waals surface area contributed by atoms with E-state index >= 15 is 0 Å². The molecular formula is C13H19Cl2NO3. The zero-order valence-electron chi connectivity index (χ0n) is 10.8. The lowest BCUT2D eigenvalue weighted by atomic mass is 10.2. The number of aliphatic hydroxyl groups is 2. The summed E-state index contributed by atoms with van der Waals surface area (Å²) in [6.45, 7) is 0.674. The minimum atomic E-state index is -0.661. The Labute approximate surface area is 123 Å². The van der Waals surface area contributed by atoms with Crippen molar-refractivity contribution in [1.29, 1.82) is 0 Å². The molecule has 108 valence electrons. The van der Waals surface area contributed by atoms with Crippen molar-refractivity contribution < 1.29 is 14.9 Å². The van der Waals surface area contributed by atoms with Crippen LogP contribution in [0.4, 0.5) is 5.69 Å². The van der Waals surface area contributed by atoms with Crippen LogP contribution >= 0.6 is 23.2 Å². The zero-order valence-corrected chi connectivity index (χ0v) is 12.3. The quantitative estimate of drug-likeness (QED) is 0.718. The van der Waals surface area contributed by atoms with E-state index in [0.717, 1.165) is 11.4 Å². The number of methoxy groups -OCH3 is 1. The second kappa shape index (κ2) is 8.48. The second-order valence-corrected chi connectivity index (χ2v) is 4.84. The third kappa shape index (κ3) is 5.45. The highest BCUT2D eigenvalue weighted by atomic mass is 35.5. The molecule has 0 aromatic heterocycles. The summed E-state index contributed by atoms with van der Waals surface area (Å²) in [6, 6.07) is 7.37. The first kappa shape index (κ1) is 16.4. The van der Waals surface area contributed by atoms with Crippen LogP contribution in [-0.4, -0.2) is 54.4 Å². The van der Waals surface area contributed by atoms with E-state index in [-0.39, 0.29) is 11.8 Å². The molecule has 0 saturated heterocycles. The Bertz CT molecular complexity index is 349. The molecule has 0 aliphatic carbocycles. The Balaban J connectivity index is 2.80. The van der Waals surface area contributed by atoms with Crippen LogP contribution in [0.25, 0.3) is 0 Å². The molecule has 1 rings (SSSR count). The maximum Gasteiger partial charge on any atom is 0.119 e. The van der Waals surface area contributed by atoms with Crippen LogP contribution in [-0.2, 0) is 0 Å². The third-order valence-electron chi connectivity index (χ3n) is 2.66. The Morgan fingerprint density at radius 3 is 1.89 bits per heavy atom. The molecule has 1 aromatic rings. The summed E-state index contributed by atoms with van der Waals surface area (Å²) in [6.07, 6.45) is -1.32. The summed E-state index contributed by atoms with van der Waals surface area (Å²) in [4.78, 5) is 1.85. The van der Waals surface area contributed by atoms with Crippen LogP contribution in [0.3, 0.4) is 0 Å². The minimum Gasteiger partial charge on any atom is -0.497 e. The average molecular weight is 308 g/mol. The number of aliphatic hydroxyl groups excluding tert-OH is 2. The molecule has 0 heterocycles. The van der Waals surface area contributed by atoms with Gasteiger partial charge in [-0.3, -0.25) is 0 Å². The van der Waals surface area contributed by atoms with Crippen LogP contribution < -0.4 is 9.64 Å². The van der Waals surface area contributed by atoms with Crippen molar-refractivity contribution in [3.8, 4) is 5.75 Å². The average Bonchev–Trinajstić information content (AvgIpc) is 2.46. The first-order valence-corrected chi connectivity index (χ1v) is 7.04. The number of halogens is 2. The zero-order chi connectivity index (χ0) is 14.3. The molecule has 0 bridgehead atoms. The molecule has 0 amide bonds. The molecule has 0 unspecified atom stereocenters. The number of nitrogens with zero attached hydrogens (tertiary/aromatic N) is 1. The van der Waals surface area contributed by atoms with E-state index in [1.54, 1.807) is 7.11 Å². The largest absolute Gasteiger partial charge is 0.497 e. The smallest absolute Gasteiger partial charge is 0.119 e. The van der Waals surface area contributed by atoms with Gasteiger partial charge in [0.1, 0.15) is 5.75 Å². The molecule has 0 aliphatic heterocycles. The van der Waals surface area contributed by atoms with Gasteiger partial charge in [-0.15, -0.1) is 23.2 Å². The molecule has 6 heteroatoms. The van der Waals surface area contributed by atoms with Gasteiger partial charge < -0.3 is 19.8 Å². The van der Waals surface area contributed by atoms with Crippen molar-refractivity contribution in [3.05, 3.63) is 24.3 Å². The van der Waals surface area contributed by atoms with E-state index in [1.807, 2.05) is 29.2 Å². The fourth-order valence-corrected chi connectivity index (χ4v) is 1.88. The van der Waals surface area contributed by atoms with E-state index < -0.39 is 12.2 Å². The lowest BCUT2D eigenvalue weighted by Crippen LogP contribution is -2.39. The predicted molar refractivity (Wildman–Crippen MR) is 78.7 cm³/mol. The highest BCUT2D eigenvalue weighted by molar-refractivity contribution is 6.18. The molecule has 1 aromatic carbocycles. The van der Waals surface area contributed by atoms with Gasteiger partial charge in [-0.1, -0.05) is 0 Å². The number of benzene rings is 1. The number of ether oxygens (including phenoxy) is 1. The van der Waals surface area contributed by atoms with Gasteiger partial charge in [0.2, 0.25) is 0 Å². The van der Waals surface area contributed by atoms with Crippen molar-refractivity contribution in [2.24, 2.45) is 0 Å². The SMILES string of the molecule is COc1ccc(N(C[C@H](O)CCl)C[C@H](O)CCl)cc1. The number of hydrogen-bond donors (Lipinski definition) is 2. The van der Waals surface area contributed by atoms with Gasteiger partial charge in [-0.05, 0) is 24.3 Å². The van der Waals surface area contributed by atoms with Crippen LogP contribution in [0.1, 0.15) is 0 Å². The lowest BCUT2D eigenvalue weighted by Gasteiger charge is -2.28. The van der Waals surface area contributed by atoms with Crippen LogP contribution in [0.5, 0.6) is 5.75 Å². The molecule has 0 saturated carbocycles. The van der Waals surface area contributed by atoms with Gasteiger partial charge in [-0.25, -0.2) is 0 Å². The van der Waals surface area contributed by atoms with Crippen molar-refractivity contribution in [3.63, 3.8) is 0 Å². The minimum absolute atomic E-state index is 0.142. The summed E-state index contributed by atoms with van der Waals surface area (Å²) >= 11 is 11.2. The summed E-state index contributed by atoms with van der Waals surface area (Å²) in [5.41, 5.74) is 0.870.